The first-order chi connectivity index (χ1) is 8.26. The topological polar surface area (TPSA) is 53.7 Å². The summed E-state index contributed by atoms with van der Waals surface area (Å²) >= 11 is 0. The summed E-state index contributed by atoms with van der Waals surface area (Å²) in [5, 5.41) is 0. The van der Waals surface area contributed by atoms with E-state index in [0.29, 0.717) is 25.7 Å². The van der Waals surface area contributed by atoms with Crippen LogP contribution in [0.15, 0.2) is 0 Å². The zero-order valence-corrected chi connectivity index (χ0v) is 10.8. The Balaban J connectivity index is 1.69. The first-order valence-corrected chi connectivity index (χ1v) is 6.72. The number of ether oxygens (including phenoxy) is 3. The van der Waals surface area contributed by atoms with E-state index in [1.165, 1.54) is 19.3 Å². The van der Waals surface area contributed by atoms with Gasteiger partial charge in [-0.3, -0.25) is 0 Å². The molecule has 2 fully saturated rings. The van der Waals surface area contributed by atoms with Gasteiger partial charge in [-0.2, -0.15) is 0 Å². The summed E-state index contributed by atoms with van der Waals surface area (Å²) in [6.07, 6.45) is 5.96. The Morgan fingerprint density at radius 1 is 1.41 bits per heavy atom. The van der Waals surface area contributed by atoms with Gasteiger partial charge in [0, 0.05) is 19.8 Å². The summed E-state index contributed by atoms with van der Waals surface area (Å²) in [5.74, 6) is 0.562. The average Bonchev–Trinajstić information content (AvgIpc) is 2.32. The molecule has 4 nitrogen and oxygen atoms in total. The molecule has 1 saturated heterocycles. The largest absolute Gasteiger partial charge is 0.382 e. The van der Waals surface area contributed by atoms with Gasteiger partial charge in [-0.05, 0) is 38.0 Å². The smallest absolute Gasteiger partial charge is 0.0701 e. The zero-order chi connectivity index (χ0) is 12.1. The second-order valence-electron chi connectivity index (χ2n) is 5.37. The lowest BCUT2D eigenvalue weighted by Gasteiger charge is -2.48. The highest BCUT2D eigenvalue weighted by molar-refractivity contribution is 4.96. The van der Waals surface area contributed by atoms with Crippen LogP contribution in [0.2, 0.25) is 0 Å². The molecule has 0 amide bonds. The molecule has 0 aromatic carbocycles. The van der Waals surface area contributed by atoms with Gasteiger partial charge in [-0.25, -0.2) is 0 Å². The molecule has 17 heavy (non-hydrogen) atoms. The van der Waals surface area contributed by atoms with Crippen LogP contribution in [0, 0.1) is 5.92 Å². The SMILES string of the molecule is COCCOCC(N)C1CCOC2(CCC2)C1. The lowest BCUT2D eigenvalue weighted by Crippen LogP contribution is -2.50. The lowest BCUT2D eigenvalue weighted by molar-refractivity contribution is -0.147. The molecule has 2 unspecified atom stereocenters. The Hall–Kier alpha value is -0.160. The molecule has 1 aliphatic heterocycles. The van der Waals surface area contributed by atoms with Gasteiger partial charge < -0.3 is 19.9 Å². The summed E-state index contributed by atoms with van der Waals surface area (Å²) < 4.78 is 16.4. The number of hydrogen-bond donors (Lipinski definition) is 1. The van der Waals surface area contributed by atoms with Crippen molar-refractivity contribution in [1.29, 1.82) is 0 Å². The molecule has 4 heteroatoms. The Kier molecular flexibility index (Phi) is 4.79. The average molecular weight is 243 g/mol. The minimum atomic E-state index is 0.147. The highest BCUT2D eigenvalue weighted by Crippen LogP contribution is 2.44. The van der Waals surface area contributed by atoms with E-state index in [1.54, 1.807) is 7.11 Å². The predicted octanol–water partition coefficient (Wildman–Crippen LogP) is 1.33. The summed E-state index contributed by atoms with van der Waals surface area (Å²) in [5.41, 5.74) is 6.40. The molecule has 0 aromatic rings. The maximum atomic E-state index is 6.21. The normalized spacial score (nSPS) is 28.9. The maximum absolute atomic E-state index is 6.21. The van der Waals surface area contributed by atoms with E-state index in [-0.39, 0.29) is 11.6 Å². The van der Waals surface area contributed by atoms with Gasteiger partial charge in [-0.15, -0.1) is 0 Å². The first-order valence-electron chi connectivity index (χ1n) is 6.72. The van der Waals surface area contributed by atoms with Crippen LogP contribution in [0.4, 0.5) is 0 Å². The molecule has 0 radical (unpaired) electrons. The minimum Gasteiger partial charge on any atom is -0.382 e. The van der Waals surface area contributed by atoms with Crippen LogP contribution >= 0.6 is 0 Å². The quantitative estimate of drug-likeness (QED) is 0.715. The Morgan fingerprint density at radius 3 is 2.88 bits per heavy atom. The van der Waals surface area contributed by atoms with Crippen LogP contribution in [-0.4, -0.2) is 45.2 Å². The first kappa shape index (κ1) is 13.3. The highest BCUT2D eigenvalue weighted by Gasteiger charge is 2.43. The van der Waals surface area contributed by atoms with E-state index in [0.717, 1.165) is 19.4 Å². The van der Waals surface area contributed by atoms with Crippen molar-refractivity contribution in [2.24, 2.45) is 11.7 Å². The fourth-order valence-electron chi connectivity index (χ4n) is 2.85. The molecule has 2 aliphatic rings. The van der Waals surface area contributed by atoms with Gasteiger partial charge >= 0.3 is 0 Å². The minimum absolute atomic E-state index is 0.147. The summed E-state index contributed by atoms with van der Waals surface area (Å²) in [4.78, 5) is 0. The van der Waals surface area contributed by atoms with Crippen LogP contribution in [0.3, 0.4) is 0 Å². The molecule has 1 saturated carbocycles. The van der Waals surface area contributed by atoms with Crippen LogP contribution in [0.1, 0.15) is 32.1 Å². The third-order valence-electron chi connectivity index (χ3n) is 4.14. The Labute approximate surface area is 104 Å². The van der Waals surface area contributed by atoms with Crippen molar-refractivity contribution in [3.05, 3.63) is 0 Å². The van der Waals surface area contributed by atoms with Crippen molar-refractivity contribution in [2.75, 3.05) is 33.5 Å². The van der Waals surface area contributed by atoms with Crippen molar-refractivity contribution >= 4 is 0 Å². The van der Waals surface area contributed by atoms with Crippen LogP contribution in [0.25, 0.3) is 0 Å². The molecule has 0 bridgehead atoms. The van der Waals surface area contributed by atoms with Gasteiger partial charge in [0.1, 0.15) is 0 Å². The lowest BCUT2D eigenvalue weighted by atomic mass is 9.70. The Bertz CT molecular complexity index is 231. The van der Waals surface area contributed by atoms with Gasteiger partial charge in [0.15, 0.2) is 0 Å². The summed E-state index contributed by atoms with van der Waals surface area (Å²) in [6, 6.07) is 0.147. The van der Waals surface area contributed by atoms with Gasteiger partial charge in [0.25, 0.3) is 0 Å². The van der Waals surface area contributed by atoms with Crippen LogP contribution < -0.4 is 5.73 Å². The highest BCUT2D eigenvalue weighted by atomic mass is 16.5. The molecule has 2 atom stereocenters. The van der Waals surface area contributed by atoms with E-state index in [9.17, 15) is 0 Å². The fraction of sp³-hybridized carbons (Fsp3) is 1.00. The van der Waals surface area contributed by atoms with Crippen molar-refractivity contribution in [3.63, 3.8) is 0 Å². The van der Waals surface area contributed by atoms with Gasteiger partial charge in [0.05, 0.1) is 25.4 Å². The monoisotopic (exact) mass is 243 g/mol. The third-order valence-corrected chi connectivity index (χ3v) is 4.14. The molecule has 2 rings (SSSR count). The van der Waals surface area contributed by atoms with E-state index in [1.807, 2.05) is 0 Å². The summed E-state index contributed by atoms with van der Waals surface area (Å²) in [6.45, 7) is 2.80. The van der Waals surface area contributed by atoms with Crippen LogP contribution in [-0.2, 0) is 14.2 Å². The molecular weight excluding hydrogens is 218 g/mol. The number of rotatable bonds is 6. The molecule has 2 N–H and O–H groups in total. The standard InChI is InChI=1S/C13H25NO3/c1-15-7-8-16-10-12(14)11-3-6-17-13(9-11)4-2-5-13/h11-12H,2-10,14H2,1H3. The van der Waals surface area contributed by atoms with E-state index < -0.39 is 0 Å². The van der Waals surface area contributed by atoms with Crippen molar-refractivity contribution in [2.45, 2.75) is 43.7 Å². The summed E-state index contributed by atoms with van der Waals surface area (Å²) in [7, 11) is 1.68. The third kappa shape index (κ3) is 3.41. The van der Waals surface area contributed by atoms with E-state index in [2.05, 4.69) is 0 Å². The predicted molar refractivity (Wildman–Crippen MR) is 65.9 cm³/mol. The molecule has 0 aromatic heterocycles. The van der Waals surface area contributed by atoms with Crippen molar-refractivity contribution in [1.82, 2.24) is 0 Å². The second kappa shape index (κ2) is 6.14. The number of nitrogens with two attached hydrogens (primary N) is 1. The van der Waals surface area contributed by atoms with Gasteiger partial charge in [-0.1, -0.05) is 0 Å². The van der Waals surface area contributed by atoms with Crippen molar-refractivity contribution < 1.29 is 14.2 Å². The zero-order valence-electron chi connectivity index (χ0n) is 10.8. The van der Waals surface area contributed by atoms with Crippen LogP contribution in [0.5, 0.6) is 0 Å². The Morgan fingerprint density at radius 2 is 2.24 bits per heavy atom. The maximum Gasteiger partial charge on any atom is 0.0701 e. The number of hydrogen-bond acceptors (Lipinski definition) is 4. The molecule has 1 aliphatic carbocycles. The van der Waals surface area contributed by atoms with Crippen molar-refractivity contribution in [3.8, 4) is 0 Å². The molecule has 1 heterocycles. The van der Waals surface area contributed by atoms with E-state index >= 15 is 0 Å². The van der Waals surface area contributed by atoms with Gasteiger partial charge in [0.2, 0.25) is 0 Å². The fourth-order valence-corrected chi connectivity index (χ4v) is 2.85. The molecule has 100 valence electrons. The number of methoxy groups -OCH3 is 1. The second-order valence-corrected chi connectivity index (χ2v) is 5.37. The van der Waals surface area contributed by atoms with E-state index in [4.69, 9.17) is 19.9 Å². The molecular formula is C13H25NO3. The molecule has 1 spiro atoms.